The van der Waals surface area contributed by atoms with Crippen LogP contribution in [0, 0.1) is 0 Å². The number of amides is 2. The lowest BCUT2D eigenvalue weighted by molar-refractivity contribution is -0.00396. The average Bonchev–Trinajstić information content (AvgIpc) is 2.88. The summed E-state index contributed by atoms with van der Waals surface area (Å²) in [5, 5.41) is 3.12. The van der Waals surface area contributed by atoms with Gasteiger partial charge in [-0.3, -0.25) is 0 Å². The van der Waals surface area contributed by atoms with E-state index in [0.29, 0.717) is 19.7 Å². The largest absolute Gasteiger partial charge is 0.469 e. The zero-order chi connectivity index (χ0) is 13.2. The predicted octanol–water partition coefficient (Wildman–Crippen LogP) is 2.09. The molecule has 2 aliphatic rings. The fraction of sp³-hybridized carbons (Fsp3) is 0.643. The molecule has 5 heteroatoms. The Bertz CT molecular complexity index is 457. The van der Waals surface area contributed by atoms with Crippen LogP contribution >= 0.6 is 0 Å². The number of nitrogens with one attached hydrogen (secondary N) is 1. The van der Waals surface area contributed by atoms with Crippen molar-refractivity contribution in [2.45, 2.75) is 38.3 Å². The van der Waals surface area contributed by atoms with Crippen molar-refractivity contribution in [2.24, 2.45) is 0 Å². The molecule has 5 nitrogen and oxygen atoms in total. The van der Waals surface area contributed by atoms with E-state index >= 15 is 0 Å². The zero-order valence-corrected chi connectivity index (χ0v) is 11.2. The van der Waals surface area contributed by atoms with Crippen LogP contribution in [0.1, 0.15) is 37.1 Å². The maximum absolute atomic E-state index is 12.3. The van der Waals surface area contributed by atoms with Crippen molar-refractivity contribution in [3.05, 3.63) is 23.7 Å². The Morgan fingerprint density at radius 2 is 2.42 bits per heavy atom. The summed E-state index contributed by atoms with van der Waals surface area (Å²) < 4.78 is 10.9. The highest BCUT2D eigenvalue weighted by Crippen LogP contribution is 2.30. The molecular weight excluding hydrogens is 244 g/mol. The molecule has 2 atom stereocenters. The Kier molecular flexibility index (Phi) is 3.46. The van der Waals surface area contributed by atoms with E-state index in [1.165, 1.54) is 0 Å². The summed E-state index contributed by atoms with van der Waals surface area (Å²) in [6.07, 6.45) is 4.86. The van der Waals surface area contributed by atoms with Crippen LogP contribution in [-0.2, 0) is 11.2 Å². The molecule has 1 fully saturated rings. The van der Waals surface area contributed by atoms with E-state index in [0.717, 1.165) is 30.6 Å². The van der Waals surface area contributed by atoms with E-state index in [9.17, 15) is 4.79 Å². The van der Waals surface area contributed by atoms with Crippen LogP contribution in [0.15, 0.2) is 16.7 Å². The highest BCUT2D eigenvalue weighted by Gasteiger charge is 2.27. The third kappa shape index (κ3) is 2.61. The van der Waals surface area contributed by atoms with Gasteiger partial charge in [0, 0.05) is 25.1 Å². The van der Waals surface area contributed by atoms with Gasteiger partial charge in [0.1, 0.15) is 5.76 Å². The summed E-state index contributed by atoms with van der Waals surface area (Å²) in [5.41, 5.74) is 1.14. The first kappa shape index (κ1) is 12.5. The van der Waals surface area contributed by atoms with Crippen molar-refractivity contribution in [3.63, 3.8) is 0 Å². The maximum Gasteiger partial charge on any atom is 0.318 e. The zero-order valence-electron chi connectivity index (χ0n) is 11.2. The molecule has 0 bridgehead atoms. The van der Waals surface area contributed by atoms with Gasteiger partial charge in [-0.05, 0) is 25.8 Å². The van der Waals surface area contributed by atoms with Gasteiger partial charge in [-0.1, -0.05) is 0 Å². The number of aryl methyl sites for hydroxylation is 1. The monoisotopic (exact) mass is 264 g/mol. The Labute approximate surface area is 112 Å². The molecule has 1 N–H and O–H groups in total. The number of carbonyl (C=O) groups excluding carboxylic acids is 1. The summed E-state index contributed by atoms with van der Waals surface area (Å²) in [6.45, 7) is 3.95. The second-order valence-electron chi connectivity index (χ2n) is 5.32. The molecular formula is C14H20N2O3. The van der Waals surface area contributed by atoms with E-state index in [4.69, 9.17) is 9.15 Å². The molecule has 2 heterocycles. The molecule has 3 rings (SSSR count). The van der Waals surface area contributed by atoms with E-state index in [1.807, 2.05) is 17.9 Å². The lowest BCUT2D eigenvalue weighted by Crippen LogP contribution is -2.49. The molecule has 2 unspecified atom stereocenters. The van der Waals surface area contributed by atoms with Crippen molar-refractivity contribution in [3.8, 4) is 0 Å². The van der Waals surface area contributed by atoms with Gasteiger partial charge in [-0.25, -0.2) is 4.79 Å². The second kappa shape index (κ2) is 5.25. The Morgan fingerprint density at radius 3 is 3.26 bits per heavy atom. The SMILES string of the molecule is CC1CN(C(=O)NC2CCCc3occc32)CCO1. The van der Waals surface area contributed by atoms with Crippen molar-refractivity contribution in [2.75, 3.05) is 19.7 Å². The molecule has 1 saturated heterocycles. The van der Waals surface area contributed by atoms with Gasteiger partial charge in [0.05, 0.1) is 25.0 Å². The number of hydrogen-bond donors (Lipinski definition) is 1. The van der Waals surface area contributed by atoms with Crippen LogP contribution < -0.4 is 5.32 Å². The Balaban J connectivity index is 1.64. The minimum Gasteiger partial charge on any atom is -0.469 e. The normalized spacial score (nSPS) is 26.9. The number of furan rings is 1. The predicted molar refractivity (Wildman–Crippen MR) is 69.9 cm³/mol. The van der Waals surface area contributed by atoms with E-state index < -0.39 is 0 Å². The van der Waals surface area contributed by atoms with Crippen LogP contribution in [0.3, 0.4) is 0 Å². The molecule has 1 aliphatic heterocycles. The lowest BCUT2D eigenvalue weighted by atomic mass is 9.93. The molecule has 0 spiro atoms. The lowest BCUT2D eigenvalue weighted by Gasteiger charge is -2.33. The first-order valence-electron chi connectivity index (χ1n) is 6.97. The minimum atomic E-state index is 0.00852. The molecule has 19 heavy (non-hydrogen) atoms. The number of hydrogen-bond acceptors (Lipinski definition) is 3. The fourth-order valence-corrected chi connectivity index (χ4v) is 2.88. The number of morpholine rings is 1. The molecule has 0 saturated carbocycles. The fourth-order valence-electron chi connectivity index (χ4n) is 2.88. The number of rotatable bonds is 1. The number of nitrogens with zero attached hydrogens (tertiary/aromatic N) is 1. The van der Waals surface area contributed by atoms with Crippen LogP contribution in [0.25, 0.3) is 0 Å². The highest BCUT2D eigenvalue weighted by atomic mass is 16.5. The van der Waals surface area contributed by atoms with Crippen molar-refractivity contribution in [1.82, 2.24) is 10.2 Å². The van der Waals surface area contributed by atoms with Gasteiger partial charge in [-0.2, -0.15) is 0 Å². The third-order valence-corrected chi connectivity index (χ3v) is 3.88. The smallest absolute Gasteiger partial charge is 0.318 e. The van der Waals surface area contributed by atoms with Crippen LogP contribution in [0.4, 0.5) is 4.79 Å². The van der Waals surface area contributed by atoms with Gasteiger partial charge in [0.15, 0.2) is 0 Å². The maximum atomic E-state index is 12.3. The molecule has 0 aromatic carbocycles. The molecule has 1 aromatic heterocycles. The van der Waals surface area contributed by atoms with E-state index in [2.05, 4.69) is 5.32 Å². The standard InChI is InChI=1S/C14H20N2O3/c1-10-9-16(6-8-18-10)14(17)15-12-3-2-4-13-11(12)5-7-19-13/h5,7,10,12H,2-4,6,8-9H2,1H3,(H,15,17). The van der Waals surface area contributed by atoms with Gasteiger partial charge in [0.2, 0.25) is 0 Å². The van der Waals surface area contributed by atoms with Gasteiger partial charge in [-0.15, -0.1) is 0 Å². The number of fused-ring (bicyclic) bond motifs is 1. The quantitative estimate of drug-likeness (QED) is 0.845. The molecule has 2 amide bonds. The van der Waals surface area contributed by atoms with Gasteiger partial charge < -0.3 is 19.4 Å². The summed E-state index contributed by atoms with van der Waals surface area (Å²) in [4.78, 5) is 14.1. The van der Waals surface area contributed by atoms with Crippen molar-refractivity contribution >= 4 is 6.03 Å². The van der Waals surface area contributed by atoms with Gasteiger partial charge >= 0.3 is 6.03 Å². The Morgan fingerprint density at radius 1 is 1.53 bits per heavy atom. The first-order valence-corrected chi connectivity index (χ1v) is 6.97. The summed E-state index contributed by atoms with van der Waals surface area (Å²) in [7, 11) is 0. The Hall–Kier alpha value is -1.49. The van der Waals surface area contributed by atoms with Gasteiger partial charge in [0.25, 0.3) is 0 Å². The summed E-state index contributed by atoms with van der Waals surface area (Å²) in [6, 6.07) is 2.07. The van der Waals surface area contributed by atoms with E-state index in [-0.39, 0.29) is 18.2 Å². The third-order valence-electron chi connectivity index (χ3n) is 3.88. The summed E-state index contributed by atoms with van der Waals surface area (Å²) in [5.74, 6) is 1.02. The van der Waals surface area contributed by atoms with Crippen molar-refractivity contribution < 1.29 is 13.9 Å². The van der Waals surface area contributed by atoms with Crippen LogP contribution in [0.5, 0.6) is 0 Å². The number of ether oxygens (including phenoxy) is 1. The number of carbonyl (C=O) groups is 1. The van der Waals surface area contributed by atoms with Crippen LogP contribution in [0.2, 0.25) is 0 Å². The first-order chi connectivity index (χ1) is 9.24. The average molecular weight is 264 g/mol. The minimum absolute atomic E-state index is 0.00852. The van der Waals surface area contributed by atoms with Crippen LogP contribution in [-0.4, -0.2) is 36.7 Å². The van der Waals surface area contributed by atoms with Crippen molar-refractivity contribution in [1.29, 1.82) is 0 Å². The highest BCUT2D eigenvalue weighted by molar-refractivity contribution is 5.75. The summed E-state index contributed by atoms with van der Waals surface area (Å²) >= 11 is 0. The number of urea groups is 1. The molecule has 0 radical (unpaired) electrons. The molecule has 1 aliphatic carbocycles. The molecule has 1 aromatic rings. The topological polar surface area (TPSA) is 54.7 Å². The van der Waals surface area contributed by atoms with E-state index in [1.54, 1.807) is 6.26 Å². The molecule has 104 valence electrons. The second-order valence-corrected chi connectivity index (χ2v) is 5.32.